The summed E-state index contributed by atoms with van der Waals surface area (Å²) in [5.41, 5.74) is 0. The molecule has 1 saturated heterocycles. The summed E-state index contributed by atoms with van der Waals surface area (Å²) in [6.45, 7) is 8.03. The first-order valence-electron chi connectivity index (χ1n) is 5.31. The Bertz CT molecular complexity index is 164. The van der Waals surface area contributed by atoms with Crippen LogP contribution >= 0.6 is 0 Å². The Hall–Kier alpha value is -0.0400. The minimum atomic E-state index is 0.609. The van der Waals surface area contributed by atoms with Crippen molar-refractivity contribution in [2.75, 3.05) is 6.61 Å². The number of fused-ring (bicyclic) bond motifs is 1. The summed E-state index contributed by atoms with van der Waals surface area (Å²) < 4.78 is 5.86. The first kappa shape index (κ1) is 8.55. The van der Waals surface area contributed by atoms with Crippen LogP contribution in [0.5, 0.6) is 0 Å². The van der Waals surface area contributed by atoms with E-state index in [-0.39, 0.29) is 0 Å². The summed E-state index contributed by atoms with van der Waals surface area (Å²) in [5, 5.41) is 0. The van der Waals surface area contributed by atoms with Gasteiger partial charge in [0.1, 0.15) is 0 Å². The third-order valence-electron chi connectivity index (χ3n) is 3.83. The molecule has 0 radical (unpaired) electrons. The lowest BCUT2D eigenvalue weighted by atomic mass is 9.83. The number of ether oxygens (including phenoxy) is 1. The maximum atomic E-state index is 5.86. The average molecular weight is 168 g/mol. The van der Waals surface area contributed by atoms with Crippen LogP contribution in [-0.4, -0.2) is 12.7 Å². The largest absolute Gasteiger partial charge is 0.377 e. The first-order chi connectivity index (χ1) is 5.70. The van der Waals surface area contributed by atoms with Crippen molar-refractivity contribution in [3.8, 4) is 0 Å². The lowest BCUT2D eigenvalue weighted by Gasteiger charge is -2.19. The van der Waals surface area contributed by atoms with Gasteiger partial charge in [-0.2, -0.15) is 0 Å². The average Bonchev–Trinajstić information content (AvgIpc) is 2.53. The predicted octanol–water partition coefficient (Wildman–Crippen LogP) is 2.70. The number of rotatable bonds is 1. The van der Waals surface area contributed by atoms with Gasteiger partial charge in [-0.3, -0.25) is 0 Å². The van der Waals surface area contributed by atoms with Crippen LogP contribution in [0.15, 0.2) is 0 Å². The van der Waals surface area contributed by atoms with Crippen LogP contribution in [0.2, 0.25) is 0 Å². The Morgan fingerprint density at radius 1 is 1.25 bits per heavy atom. The van der Waals surface area contributed by atoms with Crippen molar-refractivity contribution in [1.29, 1.82) is 0 Å². The summed E-state index contributed by atoms with van der Waals surface area (Å²) in [6, 6.07) is 0. The summed E-state index contributed by atoms with van der Waals surface area (Å²) in [7, 11) is 0. The molecule has 4 unspecified atom stereocenters. The standard InChI is InChI=1S/C11H20O/c1-7(2)10-6-12-11-8(3)4-5-9(10)11/h7-11H,4-6H2,1-3H3. The van der Waals surface area contributed by atoms with Crippen LogP contribution in [0.25, 0.3) is 0 Å². The normalized spacial score (nSPS) is 47.0. The second-order valence-electron chi connectivity index (χ2n) is 4.92. The highest BCUT2D eigenvalue weighted by atomic mass is 16.5. The molecular formula is C11H20O. The Kier molecular flexibility index (Phi) is 2.16. The van der Waals surface area contributed by atoms with Gasteiger partial charge in [-0.05, 0) is 36.5 Å². The van der Waals surface area contributed by atoms with E-state index in [1.54, 1.807) is 0 Å². The van der Waals surface area contributed by atoms with E-state index in [0.717, 1.165) is 30.3 Å². The maximum Gasteiger partial charge on any atom is 0.0632 e. The van der Waals surface area contributed by atoms with Crippen molar-refractivity contribution in [3.63, 3.8) is 0 Å². The van der Waals surface area contributed by atoms with Gasteiger partial charge in [-0.25, -0.2) is 0 Å². The lowest BCUT2D eigenvalue weighted by Crippen LogP contribution is -2.20. The molecule has 1 saturated carbocycles. The van der Waals surface area contributed by atoms with Crippen molar-refractivity contribution in [1.82, 2.24) is 0 Å². The number of hydrogen-bond donors (Lipinski definition) is 0. The molecule has 0 spiro atoms. The van der Waals surface area contributed by atoms with E-state index >= 15 is 0 Å². The fraction of sp³-hybridized carbons (Fsp3) is 1.00. The zero-order valence-electron chi connectivity index (χ0n) is 8.42. The van der Waals surface area contributed by atoms with Crippen molar-refractivity contribution >= 4 is 0 Å². The van der Waals surface area contributed by atoms with Crippen molar-refractivity contribution in [3.05, 3.63) is 0 Å². The second kappa shape index (κ2) is 3.02. The third-order valence-corrected chi connectivity index (χ3v) is 3.83. The van der Waals surface area contributed by atoms with Crippen molar-refractivity contribution < 1.29 is 4.74 Å². The molecule has 1 nitrogen and oxygen atoms in total. The summed E-state index contributed by atoms with van der Waals surface area (Å²) in [5.74, 6) is 3.36. The minimum absolute atomic E-state index is 0.609. The van der Waals surface area contributed by atoms with Gasteiger partial charge >= 0.3 is 0 Å². The molecule has 0 bridgehead atoms. The summed E-state index contributed by atoms with van der Waals surface area (Å²) in [6.07, 6.45) is 3.41. The van der Waals surface area contributed by atoms with E-state index < -0.39 is 0 Å². The van der Waals surface area contributed by atoms with Crippen molar-refractivity contribution in [2.24, 2.45) is 23.7 Å². The smallest absolute Gasteiger partial charge is 0.0632 e. The van der Waals surface area contributed by atoms with Crippen LogP contribution in [0.4, 0.5) is 0 Å². The van der Waals surface area contributed by atoms with Gasteiger partial charge in [0.15, 0.2) is 0 Å². The van der Waals surface area contributed by atoms with Gasteiger partial charge < -0.3 is 4.74 Å². The van der Waals surface area contributed by atoms with Crippen LogP contribution in [-0.2, 0) is 4.74 Å². The monoisotopic (exact) mass is 168 g/mol. The van der Waals surface area contributed by atoms with E-state index in [9.17, 15) is 0 Å². The molecule has 2 fully saturated rings. The molecule has 1 aliphatic carbocycles. The van der Waals surface area contributed by atoms with Gasteiger partial charge in [0.2, 0.25) is 0 Å². The molecule has 0 N–H and O–H groups in total. The Morgan fingerprint density at radius 2 is 2.00 bits per heavy atom. The van der Waals surface area contributed by atoms with Crippen LogP contribution < -0.4 is 0 Å². The van der Waals surface area contributed by atoms with Crippen LogP contribution in [0.3, 0.4) is 0 Å². The van der Waals surface area contributed by atoms with E-state index in [1.807, 2.05) is 0 Å². The highest BCUT2D eigenvalue weighted by molar-refractivity contribution is 4.93. The lowest BCUT2D eigenvalue weighted by molar-refractivity contribution is 0.0695. The molecule has 2 rings (SSSR count). The molecule has 1 heteroatoms. The summed E-state index contributed by atoms with van der Waals surface area (Å²) >= 11 is 0. The highest BCUT2D eigenvalue weighted by Gasteiger charge is 2.44. The highest BCUT2D eigenvalue weighted by Crippen LogP contribution is 2.45. The van der Waals surface area contributed by atoms with E-state index in [0.29, 0.717) is 6.10 Å². The molecule has 70 valence electrons. The minimum Gasteiger partial charge on any atom is -0.377 e. The van der Waals surface area contributed by atoms with Crippen LogP contribution in [0, 0.1) is 23.7 Å². The molecule has 0 amide bonds. The number of hydrogen-bond acceptors (Lipinski definition) is 1. The molecule has 1 aliphatic heterocycles. The van der Waals surface area contributed by atoms with Gasteiger partial charge in [-0.15, -0.1) is 0 Å². The fourth-order valence-corrected chi connectivity index (χ4v) is 2.98. The zero-order chi connectivity index (χ0) is 8.72. The SMILES string of the molecule is CC(C)C1COC2C(C)CCC12. The third kappa shape index (κ3) is 1.19. The topological polar surface area (TPSA) is 9.23 Å². The molecule has 0 aromatic rings. The molecule has 4 atom stereocenters. The second-order valence-corrected chi connectivity index (χ2v) is 4.92. The van der Waals surface area contributed by atoms with Gasteiger partial charge in [0, 0.05) is 0 Å². The van der Waals surface area contributed by atoms with E-state index in [1.165, 1.54) is 12.8 Å². The van der Waals surface area contributed by atoms with E-state index in [4.69, 9.17) is 4.74 Å². The van der Waals surface area contributed by atoms with E-state index in [2.05, 4.69) is 20.8 Å². The maximum absolute atomic E-state index is 5.86. The molecular weight excluding hydrogens is 148 g/mol. The quantitative estimate of drug-likeness (QED) is 0.585. The molecule has 0 aromatic carbocycles. The zero-order valence-corrected chi connectivity index (χ0v) is 8.42. The fourth-order valence-electron chi connectivity index (χ4n) is 2.98. The Labute approximate surface area is 75.5 Å². The molecule has 1 heterocycles. The summed E-state index contributed by atoms with van der Waals surface area (Å²) in [4.78, 5) is 0. The van der Waals surface area contributed by atoms with Gasteiger partial charge in [0.05, 0.1) is 12.7 Å². The Morgan fingerprint density at radius 3 is 2.67 bits per heavy atom. The van der Waals surface area contributed by atoms with Crippen molar-refractivity contribution in [2.45, 2.75) is 39.7 Å². The first-order valence-corrected chi connectivity index (χ1v) is 5.31. The van der Waals surface area contributed by atoms with Crippen LogP contribution in [0.1, 0.15) is 33.6 Å². The molecule has 2 aliphatic rings. The van der Waals surface area contributed by atoms with Gasteiger partial charge in [-0.1, -0.05) is 20.8 Å². The van der Waals surface area contributed by atoms with Gasteiger partial charge in [0.25, 0.3) is 0 Å². The Balaban J connectivity index is 2.05. The predicted molar refractivity (Wildman–Crippen MR) is 50.0 cm³/mol. The molecule has 0 aromatic heterocycles. The molecule has 12 heavy (non-hydrogen) atoms.